The van der Waals surface area contributed by atoms with Crippen molar-refractivity contribution in [2.75, 3.05) is 7.05 Å². The van der Waals surface area contributed by atoms with Gasteiger partial charge in [0, 0.05) is 29.0 Å². The van der Waals surface area contributed by atoms with Gasteiger partial charge in [0.05, 0.1) is 0 Å². The molecule has 1 aromatic carbocycles. The Morgan fingerprint density at radius 2 is 2.06 bits per heavy atom. The molecule has 0 saturated carbocycles. The lowest BCUT2D eigenvalue weighted by Crippen LogP contribution is -2.34. The van der Waals surface area contributed by atoms with Crippen molar-refractivity contribution in [1.29, 1.82) is 0 Å². The maximum Gasteiger partial charge on any atom is 0.331 e. The smallest absolute Gasteiger partial charge is 0.331 e. The lowest BCUT2D eigenvalue weighted by Gasteiger charge is -2.24. The molecule has 6 heteroatoms. The molecule has 0 radical (unpaired) electrons. The maximum atomic E-state index is 11.3. The van der Waals surface area contributed by atoms with Gasteiger partial charge in [-0.15, -0.1) is 0 Å². The number of amides is 1. The fraction of sp³-hybridized carbons (Fsp3) is 0.273. The molecular weight excluding hydrogens is 309 g/mol. The Morgan fingerprint density at radius 1 is 1.47 bits per heavy atom. The second-order valence-electron chi connectivity index (χ2n) is 3.54. The molecule has 0 saturated heterocycles. The van der Waals surface area contributed by atoms with Gasteiger partial charge in [0.2, 0.25) is 5.91 Å². The predicted octanol–water partition coefficient (Wildman–Crippen LogP) is 2.71. The summed E-state index contributed by atoms with van der Waals surface area (Å²) in [5.74, 6) is -1.44. The van der Waals surface area contributed by atoms with Crippen LogP contribution in [-0.4, -0.2) is 28.9 Å². The number of carbonyl (C=O) groups is 2. The van der Waals surface area contributed by atoms with Crippen LogP contribution in [0.25, 0.3) is 0 Å². The van der Waals surface area contributed by atoms with E-state index in [9.17, 15) is 14.7 Å². The van der Waals surface area contributed by atoms with Crippen LogP contribution in [0.2, 0.25) is 5.02 Å². The molecule has 1 aromatic rings. The zero-order valence-corrected chi connectivity index (χ0v) is 11.6. The number of carboxylic acid groups (broad SMARTS) is 1. The summed E-state index contributed by atoms with van der Waals surface area (Å²) in [5, 5.41) is 9.63. The largest absolute Gasteiger partial charge is 0.479 e. The molecule has 1 rings (SSSR count). The van der Waals surface area contributed by atoms with Crippen molar-refractivity contribution >= 4 is 39.4 Å². The Bertz CT molecular complexity index is 464. The lowest BCUT2D eigenvalue weighted by molar-refractivity contribution is -0.148. The van der Waals surface area contributed by atoms with Crippen LogP contribution in [0.5, 0.6) is 0 Å². The number of rotatable bonds is 3. The Balaban J connectivity index is 3.27. The number of halogens is 2. The van der Waals surface area contributed by atoms with Crippen LogP contribution < -0.4 is 0 Å². The lowest BCUT2D eigenvalue weighted by atomic mass is 10.1. The van der Waals surface area contributed by atoms with E-state index in [1.54, 1.807) is 12.1 Å². The number of likely N-dealkylation sites (N-methyl/N-ethyl adjacent to an activating group) is 1. The molecule has 0 bridgehead atoms. The van der Waals surface area contributed by atoms with E-state index in [0.717, 1.165) is 4.90 Å². The normalized spacial score (nSPS) is 12.0. The third-order valence-corrected chi connectivity index (χ3v) is 3.33. The van der Waals surface area contributed by atoms with Crippen molar-refractivity contribution in [1.82, 2.24) is 4.90 Å². The van der Waals surface area contributed by atoms with Crippen LogP contribution in [0.1, 0.15) is 18.5 Å². The van der Waals surface area contributed by atoms with Crippen LogP contribution >= 0.6 is 27.5 Å². The van der Waals surface area contributed by atoms with Gasteiger partial charge in [0.15, 0.2) is 6.04 Å². The van der Waals surface area contributed by atoms with Gasteiger partial charge in [-0.1, -0.05) is 27.5 Å². The molecule has 1 N–H and O–H groups in total. The van der Waals surface area contributed by atoms with Crippen molar-refractivity contribution in [3.63, 3.8) is 0 Å². The first-order valence-electron chi connectivity index (χ1n) is 4.75. The Labute approximate surface area is 112 Å². The van der Waals surface area contributed by atoms with Crippen molar-refractivity contribution in [3.8, 4) is 0 Å². The minimum absolute atomic E-state index is 0.329. The third kappa shape index (κ3) is 3.20. The summed E-state index contributed by atoms with van der Waals surface area (Å²) in [5.41, 5.74) is 0.447. The topological polar surface area (TPSA) is 57.6 Å². The van der Waals surface area contributed by atoms with E-state index in [1.807, 2.05) is 0 Å². The first kappa shape index (κ1) is 14.0. The van der Waals surface area contributed by atoms with Crippen LogP contribution in [0.15, 0.2) is 22.7 Å². The molecule has 0 aromatic heterocycles. The standard InChI is InChI=1S/C11H11BrClNO3/c1-6(15)14(2)10(11(16)17)8-5-7(13)3-4-9(8)12/h3-5,10H,1-2H3,(H,16,17). The number of carboxylic acids is 1. The van der Waals surface area contributed by atoms with Gasteiger partial charge < -0.3 is 10.0 Å². The monoisotopic (exact) mass is 319 g/mol. The molecule has 92 valence electrons. The molecule has 0 aliphatic rings. The van der Waals surface area contributed by atoms with E-state index < -0.39 is 12.0 Å². The Hall–Kier alpha value is -1.07. The highest BCUT2D eigenvalue weighted by Gasteiger charge is 2.28. The molecule has 1 atom stereocenters. The zero-order chi connectivity index (χ0) is 13.2. The minimum atomic E-state index is -1.11. The molecule has 0 aliphatic carbocycles. The van der Waals surface area contributed by atoms with Gasteiger partial charge in [0.1, 0.15) is 0 Å². The fourth-order valence-corrected chi connectivity index (χ4v) is 2.06. The molecule has 4 nitrogen and oxygen atoms in total. The van der Waals surface area contributed by atoms with E-state index >= 15 is 0 Å². The average molecular weight is 321 g/mol. The average Bonchev–Trinajstić information content (AvgIpc) is 2.22. The summed E-state index contributed by atoms with van der Waals surface area (Å²) < 4.78 is 0.599. The molecule has 0 heterocycles. The van der Waals surface area contributed by atoms with Gasteiger partial charge >= 0.3 is 5.97 Å². The minimum Gasteiger partial charge on any atom is -0.479 e. The van der Waals surface area contributed by atoms with E-state index in [1.165, 1.54) is 20.0 Å². The number of hydrogen-bond acceptors (Lipinski definition) is 2. The van der Waals surface area contributed by atoms with Crippen molar-refractivity contribution in [3.05, 3.63) is 33.3 Å². The highest BCUT2D eigenvalue weighted by molar-refractivity contribution is 9.10. The van der Waals surface area contributed by atoms with E-state index in [4.69, 9.17) is 11.6 Å². The number of nitrogens with zero attached hydrogens (tertiary/aromatic N) is 1. The van der Waals surface area contributed by atoms with E-state index in [2.05, 4.69) is 15.9 Å². The maximum absolute atomic E-state index is 11.3. The number of benzene rings is 1. The molecule has 1 unspecified atom stereocenters. The summed E-state index contributed by atoms with van der Waals surface area (Å²) in [6, 6.07) is 3.77. The van der Waals surface area contributed by atoms with Gasteiger partial charge in [-0.05, 0) is 18.2 Å². The van der Waals surface area contributed by atoms with Crippen LogP contribution in [-0.2, 0) is 9.59 Å². The van der Waals surface area contributed by atoms with Gasteiger partial charge in [-0.2, -0.15) is 0 Å². The SMILES string of the molecule is CC(=O)N(C)C(C(=O)O)c1cc(Cl)ccc1Br. The molecule has 0 spiro atoms. The van der Waals surface area contributed by atoms with Gasteiger partial charge in [-0.3, -0.25) is 4.79 Å². The number of carbonyl (C=O) groups excluding carboxylic acids is 1. The number of hydrogen-bond donors (Lipinski definition) is 1. The van der Waals surface area contributed by atoms with E-state index in [0.29, 0.717) is 15.1 Å². The second-order valence-corrected chi connectivity index (χ2v) is 4.83. The Morgan fingerprint density at radius 3 is 2.53 bits per heavy atom. The summed E-state index contributed by atoms with van der Waals surface area (Å²) in [7, 11) is 1.44. The summed E-state index contributed by atoms with van der Waals surface area (Å²) in [6.45, 7) is 1.31. The van der Waals surface area contributed by atoms with Gasteiger partial charge in [-0.25, -0.2) is 4.79 Å². The van der Waals surface area contributed by atoms with Crippen LogP contribution in [0.3, 0.4) is 0 Å². The first-order chi connectivity index (χ1) is 7.84. The molecule has 17 heavy (non-hydrogen) atoms. The number of aliphatic carboxylic acids is 1. The van der Waals surface area contributed by atoms with Crippen LogP contribution in [0.4, 0.5) is 0 Å². The highest BCUT2D eigenvalue weighted by atomic mass is 79.9. The molecule has 1 amide bonds. The third-order valence-electron chi connectivity index (χ3n) is 2.37. The highest BCUT2D eigenvalue weighted by Crippen LogP contribution is 2.30. The molecular formula is C11H11BrClNO3. The first-order valence-corrected chi connectivity index (χ1v) is 5.93. The predicted molar refractivity (Wildman–Crippen MR) is 68.0 cm³/mol. The van der Waals surface area contributed by atoms with Crippen LogP contribution in [0, 0.1) is 0 Å². The quantitative estimate of drug-likeness (QED) is 0.931. The van der Waals surface area contributed by atoms with Crippen molar-refractivity contribution in [2.24, 2.45) is 0 Å². The summed E-state index contributed by atoms with van der Waals surface area (Å²) in [6.07, 6.45) is 0. The van der Waals surface area contributed by atoms with Crippen molar-refractivity contribution in [2.45, 2.75) is 13.0 Å². The van der Waals surface area contributed by atoms with E-state index in [-0.39, 0.29) is 5.91 Å². The fourth-order valence-electron chi connectivity index (χ4n) is 1.41. The summed E-state index contributed by atoms with van der Waals surface area (Å²) in [4.78, 5) is 23.7. The summed E-state index contributed by atoms with van der Waals surface area (Å²) >= 11 is 9.09. The van der Waals surface area contributed by atoms with Crippen molar-refractivity contribution < 1.29 is 14.7 Å². The van der Waals surface area contributed by atoms with Gasteiger partial charge in [0.25, 0.3) is 0 Å². The molecule has 0 aliphatic heterocycles. The zero-order valence-electron chi connectivity index (χ0n) is 9.28. The Kier molecular flexibility index (Phi) is 4.54. The second kappa shape index (κ2) is 5.51. The molecule has 0 fully saturated rings.